The van der Waals surface area contributed by atoms with Crippen LogP contribution in [0.1, 0.15) is 43.7 Å². The second kappa shape index (κ2) is 5.35. The largest absolute Gasteiger partial charge is 0.341 e. The van der Waals surface area contributed by atoms with E-state index in [2.05, 4.69) is 36.4 Å². The standard InChI is InChI=1S/C15H20N6/c1-2-8-21(9-3-1)15-16-7-6-13(18-15)17-14-10-12(19-20-14)11-4-5-11/h6-7,10-11H,1-5,8-9H2,(H2,16,17,18,19,20). The number of rotatable bonds is 4. The molecule has 0 radical (unpaired) electrons. The van der Waals surface area contributed by atoms with Gasteiger partial charge in [-0.1, -0.05) is 0 Å². The van der Waals surface area contributed by atoms with Gasteiger partial charge >= 0.3 is 0 Å². The van der Waals surface area contributed by atoms with Crippen molar-refractivity contribution in [1.82, 2.24) is 20.2 Å². The molecule has 1 aliphatic carbocycles. The number of nitrogens with one attached hydrogen (secondary N) is 2. The van der Waals surface area contributed by atoms with Crippen LogP contribution in [0.15, 0.2) is 18.3 Å². The molecule has 1 saturated heterocycles. The lowest BCUT2D eigenvalue weighted by Gasteiger charge is -2.26. The van der Waals surface area contributed by atoms with E-state index in [9.17, 15) is 0 Å². The fourth-order valence-corrected chi connectivity index (χ4v) is 2.80. The van der Waals surface area contributed by atoms with Crippen LogP contribution in [0.2, 0.25) is 0 Å². The van der Waals surface area contributed by atoms with E-state index < -0.39 is 0 Å². The van der Waals surface area contributed by atoms with Gasteiger partial charge in [-0.3, -0.25) is 5.10 Å². The van der Waals surface area contributed by atoms with Gasteiger partial charge in [-0.25, -0.2) is 4.98 Å². The smallest absolute Gasteiger partial charge is 0.227 e. The predicted molar refractivity (Wildman–Crippen MR) is 81.9 cm³/mol. The van der Waals surface area contributed by atoms with Gasteiger partial charge in [0.2, 0.25) is 5.95 Å². The number of nitrogens with zero attached hydrogens (tertiary/aromatic N) is 4. The third kappa shape index (κ3) is 2.84. The molecule has 2 aromatic heterocycles. The topological polar surface area (TPSA) is 69.7 Å². The summed E-state index contributed by atoms with van der Waals surface area (Å²) in [5.41, 5.74) is 1.22. The zero-order valence-corrected chi connectivity index (χ0v) is 12.0. The summed E-state index contributed by atoms with van der Waals surface area (Å²) >= 11 is 0. The first-order valence-electron chi connectivity index (χ1n) is 7.79. The van der Waals surface area contributed by atoms with Crippen molar-refractivity contribution in [1.29, 1.82) is 0 Å². The number of hydrogen-bond acceptors (Lipinski definition) is 5. The molecule has 2 aromatic rings. The van der Waals surface area contributed by atoms with Crippen LogP contribution in [0.25, 0.3) is 0 Å². The molecule has 0 unspecified atom stereocenters. The van der Waals surface area contributed by atoms with E-state index in [1.807, 2.05) is 12.3 Å². The second-order valence-corrected chi connectivity index (χ2v) is 5.90. The van der Waals surface area contributed by atoms with Gasteiger partial charge in [-0.15, -0.1) is 0 Å². The average molecular weight is 284 g/mol. The van der Waals surface area contributed by atoms with E-state index in [-0.39, 0.29) is 0 Å². The highest BCUT2D eigenvalue weighted by atomic mass is 15.3. The van der Waals surface area contributed by atoms with E-state index in [1.165, 1.54) is 37.8 Å². The highest BCUT2D eigenvalue weighted by molar-refractivity contribution is 5.53. The Labute approximate surface area is 124 Å². The van der Waals surface area contributed by atoms with Crippen molar-refractivity contribution in [2.45, 2.75) is 38.0 Å². The molecule has 6 nitrogen and oxygen atoms in total. The molecule has 6 heteroatoms. The molecular weight excluding hydrogens is 264 g/mol. The van der Waals surface area contributed by atoms with Gasteiger partial charge in [0.05, 0.1) is 0 Å². The van der Waals surface area contributed by atoms with Crippen molar-refractivity contribution in [3.63, 3.8) is 0 Å². The van der Waals surface area contributed by atoms with Crippen LogP contribution in [0.3, 0.4) is 0 Å². The molecule has 0 atom stereocenters. The average Bonchev–Trinajstić information content (AvgIpc) is 3.29. The second-order valence-electron chi connectivity index (χ2n) is 5.90. The van der Waals surface area contributed by atoms with Gasteiger partial charge in [-0.05, 0) is 38.2 Å². The molecule has 2 N–H and O–H groups in total. The summed E-state index contributed by atoms with van der Waals surface area (Å²) in [6, 6.07) is 3.97. The maximum Gasteiger partial charge on any atom is 0.227 e. The summed E-state index contributed by atoms with van der Waals surface area (Å²) in [5.74, 6) is 3.14. The Hall–Kier alpha value is -2.11. The van der Waals surface area contributed by atoms with Crippen molar-refractivity contribution in [2.75, 3.05) is 23.3 Å². The SMILES string of the molecule is c1cc(Nc2cc(C3CC3)[nH]n2)nc(N2CCCCC2)n1. The lowest BCUT2D eigenvalue weighted by molar-refractivity contribution is 0.568. The zero-order chi connectivity index (χ0) is 14.1. The third-order valence-corrected chi connectivity index (χ3v) is 4.15. The summed E-state index contributed by atoms with van der Waals surface area (Å²) in [6.07, 6.45) is 8.12. The lowest BCUT2D eigenvalue weighted by atomic mass is 10.1. The highest BCUT2D eigenvalue weighted by Crippen LogP contribution is 2.39. The minimum Gasteiger partial charge on any atom is -0.341 e. The molecule has 1 saturated carbocycles. The van der Waals surface area contributed by atoms with Gasteiger partial charge in [0.25, 0.3) is 0 Å². The number of H-pyrrole nitrogens is 1. The highest BCUT2D eigenvalue weighted by Gasteiger charge is 2.25. The van der Waals surface area contributed by atoms with Crippen molar-refractivity contribution in [3.05, 3.63) is 24.0 Å². The minimum absolute atomic E-state index is 0.683. The maximum absolute atomic E-state index is 4.61. The normalized spacial score (nSPS) is 18.8. The van der Waals surface area contributed by atoms with E-state index >= 15 is 0 Å². The number of aromatic amines is 1. The van der Waals surface area contributed by atoms with E-state index in [0.29, 0.717) is 5.92 Å². The maximum atomic E-state index is 4.61. The van der Waals surface area contributed by atoms with Crippen molar-refractivity contribution in [3.8, 4) is 0 Å². The molecule has 1 aliphatic heterocycles. The summed E-state index contributed by atoms with van der Waals surface area (Å²) in [5, 5.41) is 10.7. The third-order valence-electron chi connectivity index (χ3n) is 4.15. The quantitative estimate of drug-likeness (QED) is 0.903. The van der Waals surface area contributed by atoms with Crippen LogP contribution < -0.4 is 10.2 Å². The summed E-state index contributed by atoms with van der Waals surface area (Å²) in [6.45, 7) is 2.11. The fraction of sp³-hybridized carbons (Fsp3) is 0.533. The van der Waals surface area contributed by atoms with Crippen molar-refractivity contribution in [2.24, 2.45) is 0 Å². The van der Waals surface area contributed by atoms with Gasteiger partial charge in [0.15, 0.2) is 5.82 Å². The molecule has 21 heavy (non-hydrogen) atoms. The van der Waals surface area contributed by atoms with Crippen LogP contribution in [0, 0.1) is 0 Å². The predicted octanol–water partition coefficient (Wildman–Crippen LogP) is 2.81. The lowest BCUT2D eigenvalue weighted by Crippen LogP contribution is -2.31. The Balaban J connectivity index is 1.48. The Morgan fingerprint density at radius 2 is 2.00 bits per heavy atom. The first-order chi connectivity index (χ1) is 10.4. The first-order valence-corrected chi connectivity index (χ1v) is 7.79. The molecular formula is C15H20N6. The van der Waals surface area contributed by atoms with Crippen LogP contribution in [-0.4, -0.2) is 33.3 Å². The van der Waals surface area contributed by atoms with Crippen molar-refractivity contribution >= 4 is 17.6 Å². The summed E-state index contributed by atoms with van der Waals surface area (Å²) in [4.78, 5) is 11.3. The van der Waals surface area contributed by atoms with Gasteiger partial charge in [-0.2, -0.15) is 10.1 Å². The number of aromatic nitrogens is 4. The molecule has 0 spiro atoms. The van der Waals surface area contributed by atoms with Crippen LogP contribution >= 0.6 is 0 Å². The Morgan fingerprint density at radius 1 is 1.14 bits per heavy atom. The van der Waals surface area contributed by atoms with E-state index in [1.54, 1.807) is 0 Å². The van der Waals surface area contributed by atoms with Gasteiger partial charge < -0.3 is 10.2 Å². The van der Waals surface area contributed by atoms with Gasteiger partial charge in [0.1, 0.15) is 5.82 Å². The van der Waals surface area contributed by atoms with E-state index in [0.717, 1.165) is 30.7 Å². The molecule has 0 amide bonds. The zero-order valence-electron chi connectivity index (χ0n) is 12.0. The first kappa shape index (κ1) is 12.6. The minimum atomic E-state index is 0.683. The monoisotopic (exact) mass is 284 g/mol. The number of piperidine rings is 1. The molecule has 0 aromatic carbocycles. The molecule has 0 bridgehead atoms. The Bertz CT molecular complexity index is 612. The van der Waals surface area contributed by atoms with Crippen molar-refractivity contribution < 1.29 is 0 Å². The number of anilines is 3. The van der Waals surface area contributed by atoms with E-state index in [4.69, 9.17) is 0 Å². The molecule has 2 fully saturated rings. The summed E-state index contributed by atoms with van der Waals surface area (Å²) in [7, 11) is 0. The fourth-order valence-electron chi connectivity index (χ4n) is 2.80. The summed E-state index contributed by atoms with van der Waals surface area (Å²) < 4.78 is 0. The molecule has 110 valence electrons. The molecule has 2 aliphatic rings. The van der Waals surface area contributed by atoms with Crippen LogP contribution in [-0.2, 0) is 0 Å². The Morgan fingerprint density at radius 3 is 2.81 bits per heavy atom. The van der Waals surface area contributed by atoms with Crippen LogP contribution in [0.4, 0.5) is 17.6 Å². The van der Waals surface area contributed by atoms with Gasteiger partial charge in [0, 0.05) is 37.0 Å². The molecule has 3 heterocycles. The van der Waals surface area contributed by atoms with Crippen LogP contribution in [0.5, 0.6) is 0 Å². The number of hydrogen-bond donors (Lipinski definition) is 2. The molecule has 4 rings (SSSR count). The Kier molecular flexibility index (Phi) is 3.21.